The highest BCUT2D eigenvalue weighted by Crippen LogP contribution is 2.29. The van der Waals surface area contributed by atoms with Gasteiger partial charge < -0.3 is 14.8 Å². The molecule has 0 bridgehead atoms. The number of nitrogens with zero attached hydrogens (tertiary/aromatic N) is 1. The van der Waals surface area contributed by atoms with E-state index in [1.807, 2.05) is 0 Å². The fourth-order valence-corrected chi connectivity index (χ4v) is 5.30. The van der Waals surface area contributed by atoms with Crippen molar-refractivity contribution in [2.75, 3.05) is 27.3 Å². The number of esters is 1. The first-order valence-corrected chi connectivity index (χ1v) is 11.9. The summed E-state index contributed by atoms with van der Waals surface area (Å²) < 4.78 is 37.9. The average molecular weight is 461 g/mol. The van der Waals surface area contributed by atoms with Crippen LogP contribution in [0.15, 0.2) is 47.4 Å². The highest BCUT2D eigenvalue weighted by atomic mass is 32.2. The van der Waals surface area contributed by atoms with Crippen molar-refractivity contribution in [1.82, 2.24) is 9.62 Å². The molecule has 172 valence electrons. The number of carbonyl (C=O) groups excluding carboxylic acids is 2. The van der Waals surface area contributed by atoms with E-state index in [4.69, 9.17) is 4.74 Å². The molecule has 1 heterocycles. The van der Waals surface area contributed by atoms with Crippen LogP contribution in [-0.2, 0) is 21.3 Å². The van der Waals surface area contributed by atoms with Gasteiger partial charge in [-0.1, -0.05) is 25.0 Å². The van der Waals surface area contributed by atoms with E-state index in [1.54, 1.807) is 24.3 Å². The summed E-state index contributed by atoms with van der Waals surface area (Å²) in [5.74, 6) is -0.627. The zero-order valence-corrected chi connectivity index (χ0v) is 19.1. The Morgan fingerprint density at radius 2 is 1.56 bits per heavy atom. The summed E-state index contributed by atoms with van der Waals surface area (Å²) in [6, 6.07) is 11.1. The predicted molar refractivity (Wildman–Crippen MR) is 119 cm³/mol. The second-order valence-electron chi connectivity index (χ2n) is 7.56. The maximum Gasteiger partial charge on any atom is 0.337 e. The van der Waals surface area contributed by atoms with Gasteiger partial charge in [0.2, 0.25) is 10.0 Å². The third kappa shape index (κ3) is 5.46. The molecule has 1 fully saturated rings. The molecule has 0 aliphatic carbocycles. The van der Waals surface area contributed by atoms with Gasteiger partial charge >= 0.3 is 5.97 Å². The SMILES string of the molecule is COC(=O)c1ccc(CNC(=O)c2ccc(OC)c(S(=O)(=O)N3CCCCCC3)c2)cc1. The molecule has 1 aliphatic rings. The number of benzene rings is 2. The molecule has 1 amide bonds. The average Bonchev–Trinajstić information content (AvgIpc) is 3.12. The molecule has 9 heteroatoms. The van der Waals surface area contributed by atoms with Crippen molar-refractivity contribution in [3.63, 3.8) is 0 Å². The van der Waals surface area contributed by atoms with E-state index in [9.17, 15) is 18.0 Å². The van der Waals surface area contributed by atoms with E-state index in [0.29, 0.717) is 18.7 Å². The van der Waals surface area contributed by atoms with Gasteiger partial charge in [-0.2, -0.15) is 4.31 Å². The van der Waals surface area contributed by atoms with Gasteiger partial charge in [-0.05, 0) is 48.7 Å². The normalized spacial score (nSPS) is 14.9. The highest BCUT2D eigenvalue weighted by Gasteiger charge is 2.29. The Labute approximate surface area is 188 Å². The van der Waals surface area contributed by atoms with Crippen LogP contribution in [0.1, 0.15) is 52.0 Å². The van der Waals surface area contributed by atoms with Crippen molar-refractivity contribution in [3.8, 4) is 5.75 Å². The Morgan fingerprint density at radius 1 is 0.938 bits per heavy atom. The van der Waals surface area contributed by atoms with Crippen molar-refractivity contribution in [1.29, 1.82) is 0 Å². The maximum absolute atomic E-state index is 13.3. The lowest BCUT2D eigenvalue weighted by Crippen LogP contribution is -2.32. The number of ether oxygens (including phenoxy) is 2. The molecule has 0 unspecified atom stereocenters. The molecule has 0 radical (unpaired) electrons. The summed E-state index contributed by atoms with van der Waals surface area (Å²) in [5.41, 5.74) is 1.43. The number of carbonyl (C=O) groups is 2. The first kappa shape index (κ1) is 23.7. The number of hydrogen-bond acceptors (Lipinski definition) is 6. The summed E-state index contributed by atoms with van der Waals surface area (Å²) in [6.45, 7) is 1.15. The fourth-order valence-electron chi connectivity index (χ4n) is 3.60. The van der Waals surface area contributed by atoms with Crippen LogP contribution in [0, 0.1) is 0 Å². The number of nitrogens with one attached hydrogen (secondary N) is 1. The van der Waals surface area contributed by atoms with E-state index >= 15 is 0 Å². The molecule has 1 aliphatic heterocycles. The lowest BCUT2D eigenvalue weighted by Gasteiger charge is -2.21. The van der Waals surface area contributed by atoms with Crippen LogP contribution >= 0.6 is 0 Å². The van der Waals surface area contributed by atoms with E-state index < -0.39 is 21.9 Å². The van der Waals surface area contributed by atoms with E-state index in [0.717, 1.165) is 31.2 Å². The van der Waals surface area contributed by atoms with Gasteiger partial charge in [0.15, 0.2) is 0 Å². The Balaban J connectivity index is 1.76. The lowest BCUT2D eigenvalue weighted by molar-refractivity contribution is 0.0600. The van der Waals surface area contributed by atoms with Crippen LogP contribution in [-0.4, -0.2) is 51.9 Å². The Kier molecular flexibility index (Phi) is 7.87. The molecule has 32 heavy (non-hydrogen) atoms. The Hall–Kier alpha value is -2.91. The second-order valence-corrected chi connectivity index (χ2v) is 9.46. The van der Waals surface area contributed by atoms with Crippen molar-refractivity contribution in [2.45, 2.75) is 37.1 Å². The quantitative estimate of drug-likeness (QED) is 0.638. The van der Waals surface area contributed by atoms with Crippen LogP contribution in [0.25, 0.3) is 0 Å². The molecule has 1 saturated heterocycles. The van der Waals surface area contributed by atoms with E-state index in [2.05, 4.69) is 10.1 Å². The number of sulfonamides is 1. The first-order chi connectivity index (χ1) is 15.4. The molecule has 2 aromatic carbocycles. The molecular formula is C23H28N2O6S. The largest absolute Gasteiger partial charge is 0.495 e. The molecule has 3 rings (SSSR count). The topological polar surface area (TPSA) is 102 Å². The van der Waals surface area contributed by atoms with Gasteiger partial charge in [0.1, 0.15) is 10.6 Å². The van der Waals surface area contributed by atoms with Gasteiger partial charge in [0.25, 0.3) is 5.91 Å². The van der Waals surface area contributed by atoms with Crippen LogP contribution in [0.5, 0.6) is 5.75 Å². The van der Waals surface area contributed by atoms with Crippen LogP contribution in [0.2, 0.25) is 0 Å². The van der Waals surface area contributed by atoms with Crippen molar-refractivity contribution in [3.05, 3.63) is 59.2 Å². The first-order valence-electron chi connectivity index (χ1n) is 10.5. The third-order valence-electron chi connectivity index (χ3n) is 5.44. The van der Waals surface area contributed by atoms with Crippen molar-refractivity contribution >= 4 is 21.9 Å². The minimum atomic E-state index is -3.78. The minimum absolute atomic E-state index is 0.00280. The van der Waals surface area contributed by atoms with Gasteiger partial charge in [-0.3, -0.25) is 4.79 Å². The number of rotatable bonds is 7. The maximum atomic E-state index is 13.3. The van der Waals surface area contributed by atoms with Gasteiger partial charge in [-0.25, -0.2) is 13.2 Å². The molecule has 0 saturated carbocycles. The summed E-state index contributed by atoms with van der Waals surface area (Å²) >= 11 is 0. The third-order valence-corrected chi connectivity index (χ3v) is 7.36. The number of amides is 1. The molecule has 0 aromatic heterocycles. The molecule has 2 aromatic rings. The smallest absolute Gasteiger partial charge is 0.337 e. The monoisotopic (exact) mass is 460 g/mol. The second kappa shape index (κ2) is 10.6. The summed E-state index contributed by atoms with van der Waals surface area (Å²) in [4.78, 5) is 24.2. The van der Waals surface area contributed by atoms with Crippen LogP contribution in [0.4, 0.5) is 0 Å². The number of methoxy groups -OCH3 is 2. The minimum Gasteiger partial charge on any atom is -0.495 e. The Morgan fingerprint density at radius 3 is 2.16 bits per heavy atom. The molecule has 0 atom stereocenters. The van der Waals surface area contributed by atoms with Gasteiger partial charge in [0, 0.05) is 25.2 Å². The summed E-state index contributed by atoms with van der Waals surface area (Å²) in [5, 5.41) is 2.78. The predicted octanol–water partition coefficient (Wildman–Crippen LogP) is 2.98. The zero-order chi connectivity index (χ0) is 23.1. The standard InChI is InChI=1S/C23H28N2O6S/c1-30-20-12-11-19(15-21(20)32(28,29)25-13-5-3-4-6-14-25)22(26)24-16-17-7-9-18(10-8-17)23(27)31-2/h7-12,15H,3-6,13-14,16H2,1-2H3,(H,24,26). The van der Waals surface area contributed by atoms with E-state index in [-0.39, 0.29) is 22.8 Å². The molecular weight excluding hydrogens is 432 g/mol. The van der Waals surface area contributed by atoms with Crippen molar-refractivity contribution in [2.24, 2.45) is 0 Å². The van der Waals surface area contributed by atoms with Crippen LogP contribution in [0.3, 0.4) is 0 Å². The van der Waals surface area contributed by atoms with Gasteiger partial charge in [0.05, 0.1) is 19.8 Å². The molecule has 1 N–H and O–H groups in total. The van der Waals surface area contributed by atoms with E-state index in [1.165, 1.54) is 36.7 Å². The molecule has 8 nitrogen and oxygen atoms in total. The van der Waals surface area contributed by atoms with Gasteiger partial charge in [-0.15, -0.1) is 0 Å². The Bertz CT molecular complexity index is 1060. The zero-order valence-electron chi connectivity index (χ0n) is 18.3. The summed E-state index contributed by atoms with van der Waals surface area (Å²) in [7, 11) is -1.06. The summed E-state index contributed by atoms with van der Waals surface area (Å²) in [6.07, 6.45) is 3.64. The van der Waals surface area contributed by atoms with Crippen molar-refractivity contribution < 1.29 is 27.5 Å². The molecule has 0 spiro atoms. The highest BCUT2D eigenvalue weighted by molar-refractivity contribution is 7.89. The van der Waals surface area contributed by atoms with Crippen LogP contribution < -0.4 is 10.1 Å². The fraction of sp³-hybridized carbons (Fsp3) is 0.391. The number of hydrogen-bond donors (Lipinski definition) is 1. The lowest BCUT2D eigenvalue weighted by atomic mass is 10.1.